The van der Waals surface area contributed by atoms with Gasteiger partial charge in [-0.3, -0.25) is 0 Å². The molecule has 5 heteroatoms. The van der Waals surface area contributed by atoms with E-state index in [9.17, 15) is 0 Å². The van der Waals surface area contributed by atoms with E-state index in [0.717, 1.165) is 33.5 Å². The van der Waals surface area contributed by atoms with Gasteiger partial charge in [0.15, 0.2) is 11.5 Å². The molecular weight excluding hydrogens is 402 g/mol. The Morgan fingerprint density at radius 2 is 1.44 bits per heavy atom. The highest BCUT2D eigenvalue weighted by Gasteiger charge is 2.10. The zero-order valence-electron chi connectivity index (χ0n) is 18.4. The monoisotopic (exact) mass is 427 g/mol. The molecule has 1 aromatic heterocycles. The number of hydrogen-bond acceptors (Lipinski definition) is 5. The van der Waals surface area contributed by atoms with Crippen molar-refractivity contribution in [2.45, 2.75) is 6.61 Å². The maximum Gasteiger partial charge on any atom is 0.164 e. The molecule has 0 spiro atoms. The lowest BCUT2D eigenvalue weighted by atomic mass is 10.1. The highest BCUT2D eigenvalue weighted by molar-refractivity contribution is 5.86. The quantitative estimate of drug-likeness (QED) is 0.345. The summed E-state index contributed by atoms with van der Waals surface area (Å²) in [7, 11) is 4.84. The van der Waals surface area contributed by atoms with Gasteiger partial charge in [0.1, 0.15) is 23.6 Å². The molecular formula is C27H25NO4. The molecule has 0 aliphatic heterocycles. The third-order valence-electron chi connectivity index (χ3n) is 5.11. The van der Waals surface area contributed by atoms with Crippen molar-refractivity contribution in [3.8, 4) is 23.0 Å². The maximum atomic E-state index is 6.08. The van der Waals surface area contributed by atoms with Gasteiger partial charge in [0.05, 0.1) is 27.0 Å². The number of rotatable bonds is 8. The van der Waals surface area contributed by atoms with Crippen LogP contribution in [0.4, 0.5) is 0 Å². The van der Waals surface area contributed by atoms with Crippen LogP contribution in [0.1, 0.15) is 16.8 Å². The molecule has 4 aromatic rings. The van der Waals surface area contributed by atoms with Gasteiger partial charge >= 0.3 is 0 Å². The molecule has 3 aromatic carbocycles. The van der Waals surface area contributed by atoms with E-state index in [0.29, 0.717) is 23.9 Å². The number of methoxy groups -OCH3 is 3. The predicted molar refractivity (Wildman–Crippen MR) is 128 cm³/mol. The molecule has 0 radical (unpaired) electrons. The number of aromatic nitrogens is 1. The Balaban J connectivity index is 1.63. The van der Waals surface area contributed by atoms with Gasteiger partial charge in [-0.25, -0.2) is 4.98 Å². The molecule has 0 aliphatic rings. The van der Waals surface area contributed by atoms with Crippen molar-refractivity contribution in [1.29, 1.82) is 0 Å². The van der Waals surface area contributed by atoms with E-state index in [2.05, 4.69) is 0 Å². The number of nitrogens with zero attached hydrogens (tertiary/aromatic N) is 1. The average molecular weight is 428 g/mol. The SMILES string of the molecule is COc1cc(OC)c(OC)cc1C=Cc1ccc2cccc(OCc3ccccc3)c2n1. The van der Waals surface area contributed by atoms with Crippen molar-refractivity contribution < 1.29 is 18.9 Å². The summed E-state index contributed by atoms with van der Waals surface area (Å²) < 4.78 is 22.4. The van der Waals surface area contributed by atoms with Crippen LogP contribution in [0.25, 0.3) is 23.1 Å². The molecule has 4 rings (SSSR count). The fraction of sp³-hybridized carbons (Fsp3) is 0.148. The molecule has 0 saturated heterocycles. The molecule has 1 heterocycles. The molecule has 0 bridgehead atoms. The molecule has 0 saturated carbocycles. The van der Waals surface area contributed by atoms with Crippen LogP contribution in [0, 0.1) is 0 Å². The fourth-order valence-electron chi connectivity index (χ4n) is 3.44. The van der Waals surface area contributed by atoms with Crippen molar-refractivity contribution in [1.82, 2.24) is 4.98 Å². The first kappa shape index (κ1) is 21.2. The Morgan fingerprint density at radius 3 is 2.19 bits per heavy atom. The van der Waals surface area contributed by atoms with Crippen molar-refractivity contribution in [3.05, 3.63) is 89.6 Å². The third-order valence-corrected chi connectivity index (χ3v) is 5.11. The minimum Gasteiger partial charge on any atom is -0.496 e. The number of para-hydroxylation sites is 1. The van der Waals surface area contributed by atoms with Gasteiger partial charge in [0, 0.05) is 17.0 Å². The van der Waals surface area contributed by atoms with E-state index < -0.39 is 0 Å². The van der Waals surface area contributed by atoms with Crippen molar-refractivity contribution in [3.63, 3.8) is 0 Å². The van der Waals surface area contributed by atoms with Gasteiger partial charge in [-0.05, 0) is 35.9 Å². The summed E-state index contributed by atoms with van der Waals surface area (Å²) in [5.74, 6) is 2.69. The minimum atomic E-state index is 0.491. The number of fused-ring (bicyclic) bond motifs is 1. The summed E-state index contributed by atoms with van der Waals surface area (Å²) in [5.41, 5.74) is 3.61. The fourth-order valence-corrected chi connectivity index (χ4v) is 3.44. The highest BCUT2D eigenvalue weighted by atomic mass is 16.5. The molecule has 32 heavy (non-hydrogen) atoms. The maximum absolute atomic E-state index is 6.08. The van der Waals surface area contributed by atoms with Crippen molar-refractivity contribution >= 4 is 23.1 Å². The standard InChI is InChI=1S/C27H25NO4/c1-29-24-17-26(31-3)25(30-2)16-21(24)13-15-22-14-12-20-10-7-11-23(27(20)28-22)32-18-19-8-5-4-6-9-19/h4-17H,18H2,1-3H3. The summed E-state index contributed by atoms with van der Waals surface area (Å²) in [6, 6.07) is 23.8. The first-order valence-corrected chi connectivity index (χ1v) is 10.3. The first-order valence-electron chi connectivity index (χ1n) is 10.3. The lowest BCUT2D eigenvalue weighted by molar-refractivity contribution is 0.309. The van der Waals surface area contributed by atoms with Crippen LogP contribution in [-0.4, -0.2) is 26.3 Å². The van der Waals surface area contributed by atoms with Gasteiger partial charge in [-0.1, -0.05) is 48.5 Å². The second kappa shape index (κ2) is 9.88. The molecule has 0 aliphatic carbocycles. The lowest BCUT2D eigenvalue weighted by Crippen LogP contribution is -1.97. The Bertz CT molecular complexity index is 1240. The van der Waals surface area contributed by atoms with Gasteiger partial charge in [-0.2, -0.15) is 0 Å². The Labute approximate surface area is 187 Å². The van der Waals surface area contributed by atoms with E-state index in [-0.39, 0.29) is 0 Å². The molecule has 0 fully saturated rings. The second-order valence-electron chi connectivity index (χ2n) is 7.12. The summed E-state index contributed by atoms with van der Waals surface area (Å²) in [5, 5.41) is 1.02. The molecule has 5 nitrogen and oxygen atoms in total. The smallest absolute Gasteiger partial charge is 0.164 e. The van der Waals surface area contributed by atoms with Crippen molar-refractivity contribution in [2.75, 3.05) is 21.3 Å². The average Bonchev–Trinajstić information content (AvgIpc) is 2.86. The largest absolute Gasteiger partial charge is 0.496 e. The molecule has 162 valence electrons. The third kappa shape index (κ3) is 4.67. The first-order chi connectivity index (χ1) is 15.7. The van der Waals surface area contributed by atoms with Crippen LogP contribution in [0.5, 0.6) is 23.0 Å². The van der Waals surface area contributed by atoms with Gasteiger partial charge in [0.2, 0.25) is 0 Å². The van der Waals surface area contributed by atoms with Gasteiger partial charge in [-0.15, -0.1) is 0 Å². The molecule has 0 unspecified atom stereocenters. The van der Waals surface area contributed by atoms with Crippen LogP contribution >= 0.6 is 0 Å². The van der Waals surface area contributed by atoms with Crippen molar-refractivity contribution in [2.24, 2.45) is 0 Å². The number of hydrogen-bond donors (Lipinski definition) is 0. The van der Waals surface area contributed by atoms with Crippen LogP contribution in [0.15, 0.2) is 72.8 Å². The van der Waals surface area contributed by atoms with Crippen LogP contribution in [0.2, 0.25) is 0 Å². The van der Waals surface area contributed by atoms with E-state index in [1.807, 2.05) is 84.9 Å². The highest BCUT2D eigenvalue weighted by Crippen LogP contribution is 2.35. The van der Waals surface area contributed by atoms with Crippen LogP contribution < -0.4 is 18.9 Å². The summed E-state index contributed by atoms with van der Waals surface area (Å²) >= 11 is 0. The minimum absolute atomic E-state index is 0.491. The van der Waals surface area contributed by atoms with Crippen LogP contribution in [-0.2, 0) is 6.61 Å². The number of pyridine rings is 1. The summed E-state index contributed by atoms with van der Waals surface area (Å²) in [6.45, 7) is 0.491. The summed E-state index contributed by atoms with van der Waals surface area (Å²) in [4.78, 5) is 4.83. The molecule has 0 N–H and O–H groups in total. The topological polar surface area (TPSA) is 49.8 Å². The zero-order chi connectivity index (χ0) is 22.3. The van der Waals surface area contributed by atoms with E-state index in [1.54, 1.807) is 21.3 Å². The zero-order valence-corrected chi connectivity index (χ0v) is 18.4. The summed E-state index contributed by atoms with van der Waals surface area (Å²) in [6.07, 6.45) is 3.89. The normalized spacial score (nSPS) is 11.0. The van der Waals surface area contributed by atoms with Gasteiger partial charge < -0.3 is 18.9 Å². The van der Waals surface area contributed by atoms with Crippen LogP contribution in [0.3, 0.4) is 0 Å². The van der Waals surface area contributed by atoms with Gasteiger partial charge in [0.25, 0.3) is 0 Å². The number of benzene rings is 3. The molecule has 0 atom stereocenters. The Kier molecular flexibility index (Phi) is 6.56. The van der Waals surface area contributed by atoms with E-state index >= 15 is 0 Å². The van der Waals surface area contributed by atoms with E-state index in [1.165, 1.54) is 0 Å². The number of ether oxygens (including phenoxy) is 4. The Morgan fingerprint density at radius 1 is 0.688 bits per heavy atom. The molecule has 0 amide bonds. The second-order valence-corrected chi connectivity index (χ2v) is 7.12. The predicted octanol–water partition coefficient (Wildman–Crippen LogP) is 6.01. The van der Waals surface area contributed by atoms with E-state index in [4.69, 9.17) is 23.9 Å². The lowest BCUT2D eigenvalue weighted by Gasteiger charge is -2.12. The Hall–Kier alpha value is -3.99.